The van der Waals surface area contributed by atoms with Crippen LogP contribution >= 0.6 is 38.9 Å². The van der Waals surface area contributed by atoms with Gasteiger partial charge in [-0.1, -0.05) is 24.9 Å². The van der Waals surface area contributed by atoms with Crippen molar-refractivity contribution in [3.63, 3.8) is 0 Å². The average Bonchev–Trinajstić information content (AvgIpc) is 2.77. The van der Waals surface area contributed by atoms with Crippen molar-refractivity contribution in [2.75, 3.05) is 11.9 Å². The van der Waals surface area contributed by atoms with Crippen molar-refractivity contribution in [1.82, 2.24) is 9.97 Å². The first-order valence-electron chi connectivity index (χ1n) is 6.05. The molecule has 0 radical (unpaired) electrons. The molecule has 0 saturated heterocycles. The SMILES string of the molecule is CCCc1c(Cl)ncnc1N(C)Cc1csc(Br)c1. The predicted octanol–water partition coefficient (Wildman–Crippen LogP) is 4.54. The number of hydrogen-bond donors (Lipinski definition) is 0. The van der Waals surface area contributed by atoms with E-state index in [1.807, 2.05) is 7.05 Å². The lowest BCUT2D eigenvalue weighted by Gasteiger charge is -2.20. The van der Waals surface area contributed by atoms with Crippen LogP contribution in [-0.2, 0) is 13.0 Å². The maximum atomic E-state index is 6.18. The van der Waals surface area contributed by atoms with E-state index in [4.69, 9.17) is 11.6 Å². The highest BCUT2D eigenvalue weighted by atomic mass is 79.9. The summed E-state index contributed by atoms with van der Waals surface area (Å²) in [6.45, 7) is 2.94. The zero-order valence-electron chi connectivity index (χ0n) is 10.9. The van der Waals surface area contributed by atoms with Crippen molar-refractivity contribution >= 4 is 44.7 Å². The average molecular weight is 361 g/mol. The normalized spacial score (nSPS) is 10.7. The Morgan fingerprint density at radius 2 is 2.21 bits per heavy atom. The quantitative estimate of drug-likeness (QED) is 0.733. The zero-order chi connectivity index (χ0) is 13.8. The molecule has 2 rings (SSSR count). The lowest BCUT2D eigenvalue weighted by Crippen LogP contribution is -2.19. The molecule has 2 aromatic rings. The maximum Gasteiger partial charge on any atom is 0.137 e. The Hall–Kier alpha value is -0.650. The monoisotopic (exact) mass is 359 g/mol. The summed E-state index contributed by atoms with van der Waals surface area (Å²) in [5.74, 6) is 0.921. The summed E-state index contributed by atoms with van der Waals surface area (Å²) in [7, 11) is 2.03. The van der Waals surface area contributed by atoms with Crippen LogP contribution in [0.1, 0.15) is 24.5 Å². The van der Waals surface area contributed by atoms with Crippen molar-refractivity contribution < 1.29 is 0 Å². The Balaban J connectivity index is 2.23. The van der Waals surface area contributed by atoms with Crippen LogP contribution in [0.4, 0.5) is 5.82 Å². The van der Waals surface area contributed by atoms with E-state index >= 15 is 0 Å². The van der Waals surface area contributed by atoms with Gasteiger partial charge in [-0.15, -0.1) is 11.3 Å². The van der Waals surface area contributed by atoms with Crippen molar-refractivity contribution in [1.29, 1.82) is 0 Å². The number of thiophene rings is 1. The molecule has 0 unspecified atom stereocenters. The number of nitrogens with zero attached hydrogens (tertiary/aromatic N) is 3. The molecule has 0 bridgehead atoms. The second-order valence-electron chi connectivity index (χ2n) is 4.33. The second-order valence-corrected chi connectivity index (χ2v) is 6.98. The van der Waals surface area contributed by atoms with Gasteiger partial charge in [0.05, 0.1) is 3.79 Å². The third-order valence-electron chi connectivity index (χ3n) is 2.77. The van der Waals surface area contributed by atoms with Gasteiger partial charge >= 0.3 is 0 Å². The van der Waals surface area contributed by atoms with E-state index in [1.165, 1.54) is 11.9 Å². The van der Waals surface area contributed by atoms with Crippen LogP contribution in [0.2, 0.25) is 5.15 Å². The fourth-order valence-electron chi connectivity index (χ4n) is 1.95. The molecule has 0 atom stereocenters. The number of hydrogen-bond acceptors (Lipinski definition) is 4. The predicted molar refractivity (Wildman–Crippen MR) is 85.2 cm³/mol. The zero-order valence-corrected chi connectivity index (χ0v) is 14.0. The Morgan fingerprint density at radius 3 is 2.84 bits per heavy atom. The molecule has 0 aliphatic rings. The smallest absolute Gasteiger partial charge is 0.137 e. The van der Waals surface area contributed by atoms with E-state index in [9.17, 15) is 0 Å². The molecule has 2 aromatic heterocycles. The standard InChI is InChI=1S/C13H15BrClN3S/c1-3-4-10-12(15)16-8-17-13(10)18(2)6-9-5-11(14)19-7-9/h5,7-8H,3-4,6H2,1-2H3. The van der Waals surface area contributed by atoms with Gasteiger partial charge in [-0.25, -0.2) is 9.97 Å². The van der Waals surface area contributed by atoms with E-state index in [0.717, 1.165) is 34.6 Å². The van der Waals surface area contributed by atoms with Crippen LogP contribution in [0.25, 0.3) is 0 Å². The van der Waals surface area contributed by atoms with Crippen LogP contribution < -0.4 is 4.90 Å². The van der Waals surface area contributed by atoms with Crippen LogP contribution in [-0.4, -0.2) is 17.0 Å². The van der Waals surface area contributed by atoms with Gasteiger partial charge in [-0.3, -0.25) is 0 Å². The lowest BCUT2D eigenvalue weighted by molar-refractivity contribution is 0.844. The molecule has 0 amide bonds. The van der Waals surface area contributed by atoms with E-state index in [-0.39, 0.29) is 0 Å². The van der Waals surface area contributed by atoms with E-state index in [0.29, 0.717) is 5.15 Å². The highest BCUT2D eigenvalue weighted by Crippen LogP contribution is 2.27. The van der Waals surface area contributed by atoms with Gasteiger partial charge in [-0.2, -0.15) is 0 Å². The van der Waals surface area contributed by atoms with Crippen molar-refractivity contribution in [3.05, 3.63) is 37.8 Å². The first-order chi connectivity index (χ1) is 9.11. The Morgan fingerprint density at radius 1 is 1.42 bits per heavy atom. The molecule has 0 N–H and O–H groups in total. The highest BCUT2D eigenvalue weighted by molar-refractivity contribution is 9.11. The van der Waals surface area contributed by atoms with E-state index in [2.05, 4.69) is 49.2 Å². The molecule has 0 saturated carbocycles. The van der Waals surface area contributed by atoms with Gasteiger partial charge in [0.2, 0.25) is 0 Å². The van der Waals surface area contributed by atoms with E-state index in [1.54, 1.807) is 11.3 Å². The Labute approximate surface area is 130 Å². The first-order valence-corrected chi connectivity index (χ1v) is 8.10. The summed E-state index contributed by atoms with van der Waals surface area (Å²) >= 11 is 11.3. The molecule has 19 heavy (non-hydrogen) atoms. The molecule has 0 aliphatic heterocycles. The summed E-state index contributed by atoms with van der Waals surface area (Å²) in [4.78, 5) is 10.6. The van der Waals surface area contributed by atoms with Crippen LogP contribution in [0, 0.1) is 0 Å². The minimum Gasteiger partial charge on any atom is -0.355 e. The molecule has 0 aromatic carbocycles. The van der Waals surface area contributed by atoms with Gasteiger partial charge in [0.25, 0.3) is 0 Å². The van der Waals surface area contributed by atoms with Gasteiger partial charge in [0.1, 0.15) is 17.3 Å². The Kier molecular flexibility index (Phi) is 5.19. The van der Waals surface area contributed by atoms with Crippen molar-refractivity contribution in [3.8, 4) is 0 Å². The summed E-state index contributed by atoms with van der Waals surface area (Å²) < 4.78 is 1.14. The van der Waals surface area contributed by atoms with Crippen molar-refractivity contribution in [2.45, 2.75) is 26.3 Å². The minimum atomic E-state index is 0.560. The second kappa shape index (κ2) is 6.68. The van der Waals surface area contributed by atoms with Gasteiger partial charge in [-0.05, 0) is 39.4 Å². The largest absolute Gasteiger partial charge is 0.355 e. The number of halogens is 2. The van der Waals surface area contributed by atoms with Gasteiger partial charge < -0.3 is 4.90 Å². The maximum absolute atomic E-state index is 6.18. The minimum absolute atomic E-state index is 0.560. The number of aromatic nitrogens is 2. The molecular weight excluding hydrogens is 346 g/mol. The molecule has 2 heterocycles. The summed E-state index contributed by atoms with van der Waals surface area (Å²) in [5, 5.41) is 2.70. The molecule has 3 nitrogen and oxygen atoms in total. The molecule has 0 spiro atoms. The number of anilines is 1. The van der Waals surface area contributed by atoms with Crippen LogP contribution in [0.3, 0.4) is 0 Å². The third kappa shape index (κ3) is 3.68. The molecule has 6 heteroatoms. The van der Waals surface area contributed by atoms with Crippen LogP contribution in [0.5, 0.6) is 0 Å². The molecule has 0 aliphatic carbocycles. The molecular formula is C13H15BrClN3S. The summed E-state index contributed by atoms with van der Waals surface area (Å²) in [5.41, 5.74) is 2.29. The first kappa shape index (κ1) is 14.8. The third-order valence-corrected chi connectivity index (χ3v) is 4.65. The van der Waals surface area contributed by atoms with Crippen molar-refractivity contribution in [2.24, 2.45) is 0 Å². The lowest BCUT2D eigenvalue weighted by atomic mass is 10.1. The van der Waals surface area contributed by atoms with E-state index < -0.39 is 0 Å². The molecule has 0 fully saturated rings. The topological polar surface area (TPSA) is 29.0 Å². The summed E-state index contributed by atoms with van der Waals surface area (Å²) in [6, 6.07) is 2.13. The van der Waals surface area contributed by atoms with Gasteiger partial charge in [0, 0.05) is 19.2 Å². The van der Waals surface area contributed by atoms with Gasteiger partial charge in [0.15, 0.2) is 0 Å². The fraction of sp³-hybridized carbons (Fsp3) is 0.385. The molecule has 102 valence electrons. The highest BCUT2D eigenvalue weighted by Gasteiger charge is 2.13. The number of rotatable bonds is 5. The summed E-state index contributed by atoms with van der Waals surface area (Å²) in [6.07, 6.45) is 3.45. The van der Waals surface area contributed by atoms with Crippen LogP contribution in [0.15, 0.2) is 21.6 Å². The Bertz CT molecular complexity index is 559. The fourth-order valence-corrected chi connectivity index (χ4v) is 3.38.